The number of carboxylic acids is 1. The van der Waals surface area contributed by atoms with Crippen LogP contribution in [0.15, 0.2) is 0 Å². The summed E-state index contributed by atoms with van der Waals surface area (Å²) in [5.74, 6) is -1.20. The van der Waals surface area contributed by atoms with Crippen LogP contribution in [0.25, 0.3) is 0 Å². The second kappa shape index (κ2) is 5.90. The third-order valence-corrected chi connectivity index (χ3v) is 2.18. The van der Waals surface area contributed by atoms with Gasteiger partial charge in [0, 0.05) is 6.54 Å². The van der Waals surface area contributed by atoms with Gasteiger partial charge in [-0.25, -0.2) is 0 Å². The molecule has 3 N–H and O–H groups in total. The van der Waals surface area contributed by atoms with Crippen molar-refractivity contribution in [3.05, 3.63) is 0 Å². The summed E-state index contributed by atoms with van der Waals surface area (Å²) in [5, 5.41) is 8.41. The molecule has 0 aromatic heterocycles. The highest BCUT2D eigenvalue weighted by Crippen LogP contribution is 2.35. The fraction of sp³-hybridized carbons (Fsp3) is 0.800. The van der Waals surface area contributed by atoms with E-state index in [2.05, 4.69) is 0 Å². The molecule has 0 saturated heterocycles. The molecule has 0 aliphatic carbocycles. The molecule has 9 heteroatoms. The van der Waals surface area contributed by atoms with Gasteiger partial charge in [-0.2, -0.15) is 0 Å². The maximum absolute atomic E-state index is 10.6. The normalized spacial score (nSPS) is 12.4. The SMILES string of the molecule is O=C(O)CN(CC(Cl)Cl)CP(=O)(O)O. The maximum atomic E-state index is 10.6. The van der Waals surface area contributed by atoms with Crippen molar-refractivity contribution in [2.24, 2.45) is 0 Å². The molecule has 0 aliphatic heterocycles. The van der Waals surface area contributed by atoms with E-state index in [1.54, 1.807) is 0 Å². The quantitative estimate of drug-likeness (QED) is 0.473. The zero-order chi connectivity index (χ0) is 11.4. The summed E-state index contributed by atoms with van der Waals surface area (Å²) >= 11 is 10.7. The van der Waals surface area contributed by atoms with Gasteiger partial charge < -0.3 is 14.9 Å². The van der Waals surface area contributed by atoms with Crippen LogP contribution in [-0.2, 0) is 9.36 Å². The van der Waals surface area contributed by atoms with E-state index in [0.717, 1.165) is 4.90 Å². The van der Waals surface area contributed by atoms with Gasteiger partial charge in [0.15, 0.2) is 0 Å². The molecule has 0 saturated carbocycles. The van der Waals surface area contributed by atoms with Crippen LogP contribution in [0.4, 0.5) is 0 Å². The van der Waals surface area contributed by atoms with Gasteiger partial charge in [0.05, 0.1) is 6.54 Å². The first kappa shape index (κ1) is 14.2. The fourth-order valence-corrected chi connectivity index (χ4v) is 1.95. The molecular weight excluding hydrogens is 256 g/mol. The standard InChI is InChI=1S/C5H10Cl2NO5P/c6-4(7)1-8(2-5(9)10)3-14(11,12)13/h4H,1-3H2,(H,9,10)(H2,11,12,13). The number of carboxylic acid groups (broad SMARTS) is 1. The van der Waals surface area contributed by atoms with E-state index in [-0.39, 0.29) is 6.54 Å². The highest BCUT2D eigenvalue weighted by Gasteiger charge is 2.22. The Kier molecular flexibility index (Phi) is 5.97. The lowest BCUT2D eigenvalue weighted by Crippen LogP contribution is -2.34. The maximum Gasteiger partial charge on any atom is 0.339 e. The second-order valence-corrected chi connectivity index (χ2v) is 5.49. The van der Waals surface area contributed by atoms with Crippen molar-refractivity contribution in [1.82, 2.24) is 4.90 Å². The number of hydrogen-bond acceptors (Lipinski definition) is 3. The number of hydrogen-bond donors (Lipinski definition) is 3. The minimum atomic E-state index is -4.29. The van der Waals surface area contributed by atoms with Gasteiger partial charge in [0.1, 0.15) is 11.1 Å². The lowest BCUT2D eigenvalue weighted by atomic mass is 10.5. The van der Waals surface area contributed by atoms with E-state index >= 15 is 0 Å². The fourth-order valence-electron chi connectivity index (χ4n) is 0.819. The van der Waals surface area contributed by atoms with Crippen molar-refractivity contribution in [2.75, 3.05) is 19.4 Å². The van der Waals surface area contributed by atoms with Crippen LogP contribution in [0.1, 0.15) is 0 Å². The van der Waals surface area contributed by atoms with Crippen molar-refractivity contribution < 1.29 is 24.3 Å². The van der Waals surface area contributed by atoms with E-state index in [0.29, 0.717) is 0 Å². The third-order valence-electron chi connectivity index (χ3n) is 1.14. The molecule has 0 atom stereocenters. The van der Waals surface area contributed by atoms with E-state index < -0.39 is 31.2 Å². The van der Waals surface area contributed by atoms with Gasteiger partial charge in [0.25, 0.3) is 0 Å². The molecule has 0 aromatic rings. The molecule has 0 spiro atoms. The molecule has 84 valence electrons. The molecule has 0 heterocycles. The van der Waals surface area contributed by atoms with Crippen molar-refractivity contribution in [2.45, 2.75) is 4.84 Å². The van der Waals surface area contributed by atoms with Crippen LogP contribution in [0.3, 0.4) is 0 Å². The summed E-state index contributed by atoms with van der Waals surface area (Å²) in [6.45, 7) is -0.623. The first-order valence-electron chi connectivity index (χ1n) is 3.47. The van der Waals surface area contributed by atoms with Gasteiger partial charge in [-0.3, -0.25) is 14.3 Å². The predicted molar refractivity (Wildman–Crippen MR) is 51.6 cm³/mol. The van der Waals surface area contributed by atoms with Crippen LogP contribution in [0, 0.1) is 0 Å². The van der Waals surface area contributed by atoms with E-state index in [9.17, 15) is 9.36 Å². The van der Waals surface area contributed by atoms with Crippen LogP contribution in [-0.4, -0.2) is 50.0 Å². The van der Waals surface area contributed by atoms with Gasteiger partial charge >= 0.3 is 13.6 Å². The number of aliphatic carboxylic acids is 1. The highest BCUT2D eigenvalue weighted by molar-refractivity contribution is 7.51. The second-order valence-electron chi connectivity index (χ2n) is 2.60. The first-order chi connectivity index (χ1) is 6.20. The van der Waals surface area contributed by atoms with Gasteiger partial charge in [-0.15, -0.1) is 23.2 Å². The lowest BCUT2D eigenvalue weighted by molar-refractivity contribution is -0.138. The average Bonchev–Trinajstić information content (AvgIpc) is 1.77. The molecule has 0 unspecified atom stereocenters. The largest absolute Gasteiger partial charge is 0.480 e. The number of alkyl halides is 2. The van der Waals surface area contributed by atoms with Crippen molar-refractivity contribution >= 4 is 36.8 Å². The molecule has 0 fully saturated rings. The molecule has 0 radical (unpaired) electrons. The van der Waals surface area contributed by atoms with E-state index in [1.807, 2.05) is 0 Å². The predicted octanol–water partition coefficient (Wildman–Crippen LogP) is 0.312. The van der Waals surface area contributed by atoms with Gasteiger partial charge in [-0.05, 0) is 0 Å². The van der Waals surface area contributed by atoms with E-state index in [4.69, 9.17) is 38.1 Å². The zero-order valence-electron chi connectivity index (χ0n) is 7.01. The van der Waals surface area contributed by atoms with Crippen LogP contribution < -0.4 is 0 Å². The first-order valence-corrected chi connectivity index (χ1v) is 6.14. The minimum Gasteiger partial charge on any atom is -0.480 e. The van der Waals surface area contributed by atoms with Gasteiger partial charge in [0.2, 0.25) is 0 Å². The molecular formula is C5H10Cl2NO5P. The Hall–Kier alpha value is 0.160. The molecule has 0 aromatic carbocycles. The lowest BCUT2D eigenvalue weighted by Gasteiger charge is -2.20. The topological polar surface area (TPSA) is 98.1 Å². The Labute approximate surface area is 90.6 Å². The van der Waals surface area contributed by atoms with E-state index in [1.165, 1.54) is 0 Å². The Morgan fingerprint density at radius 3 is 2.21 bits per heavy atom. The summed E-state index contributed by atoms with van der Waals surface area (Å²) < 4.78 is 10.6. The van der Waals surface area contributed by atoms with Crippen LogP contribution in [0.2, 0.25) is 0 Å². The summed E-state index contributed by atoms with van der Waals surface area (Å²) in [4.78, 5) is 27.6. The zero-order valence-corrected chi connectivity index (χ0v) is 9.41. The third kappa shape index (κ3) is 8.74. The summed E-state index contributed by atoms with van der Waals surface area (Å²) in [6, 6.07) is 0. The molecule has 14 heavy (non-hydrogen) atoms. The number of nitrogens with zero attached hydrogens (tertiary/aromatic N) is 1. The van der Waals surface area contributed by atoms with Crippen LogP contribution in [0.5, 0.6) is 0 Å². The Morgan fingerprint density at radius 1 is 1.43 bits per heavy atom. The summed E-state index contributed by atoms with van der Waals surface area (Å²) in [5.41, 5.74) is 0. The van der Waals surface area contributed by atoms with Crippen LogP contribution >= 0.6 is 30.8 Å². The average molecular weight is 266 g/mol. The summed E-state index contributed by atoms with van der Waals surface area (Å²) in [6.07, 6.45) is -0.671. The van der Waals surface area contributed by atoms with Crippen molar-refractivity contribution in [3.8, 4) is 0 Å². The van der Waals surface area contributed by atoms with Crippen molar-refractivity contribution in [3.63, 3.8) is 0 Å². The number of rotatable bonds is 6. The molecule has 6 nitrogen and oxygen atoms in total. The Morgan fingerprint density at radius 2 is 1.93 bits per heavy atom. The summed E-state index contributed by atoms with van der Waals surface area (Å²) in [7, 11) is -4.29. The highest BCUT2D eigenvalue weighted by atomic mass is 35.5. The molecule has 0 rings (SSSR count). The van der Waals surface area contributed by atoms with Crippen molar-refractivity contribution in [1.29, 1.82) is 0 Å². The molecule has 0 bridgehead atoms. The number of carbonyl (C=O) groups is 1. The Balaban J connectivity index is 4.25. The Bertz CT molecular complexity index is 242. The minimum absolute atomic E-state index is 0.111. The number of halogens is 2. The smallest absolute Gasteiger partial charge is 0.339 e. The molecule has 0 aliphatic rings. The van der Waals surface area contributed by atoms with Gasteiger partial charge in [-0.1, -0.05) is 0 Å². The monoisotopic (exact) mass is 265 g/mol. The molecule has 0 amide bonds.